The first-order chi connectivity index (χ1) is 23.6. The van der Waals surface area contributed by atoms with Crippen molar-refractivity contribution in [1.82, 2.24) is 14.5 Å². The summed E-state index contributed by atoms with van der Waals surface area (Å²) < 4.78 is 23.8. The fourth-order valence-electron chi connectivity index (χ4n) is 6.28. The van der Waals surface area contributed by atoms with E-state index < -0.39 is 24.4 Å². The molecule has 268 valence electrons. The summed E-state index contributed by atoms with van der Waals surface area (Å²) in [5.41, 5.74) is 2.38. The number of urea groups is 1. The molecule has 49 heavy (non-hydrogen) atoms. The second kappa shape index (κ2) is 19.6. The van der Waals surface area contributed by atoms with Crippen molar-refractivity contribution < 1.29 is 28.6 Å². The van der Waals surface area contributed by atoms with Crippen molar-refractivity contribution in [1.29, 1.82) is 0 Å². The van der Waals surface area contributed by atoms with Crippen LogP contribution in [0.2, 0.25) is 13.3 Å². The van der Waals surface area contributed by atoms with Crippen LogP contribution in [-0.4, -0.2) is 78.0 Å². The Balaban J connectivity index is 0.000000311. The van der Waals surface area contributed by atoms with Crippen LogP contribution in [0.5, 0.6) is 11.5 Å². The zero-order valence-corrected chi connectivity index (χ0v) is 33.5. The van der Waals surface area contributed by atoms with Crippen LogP contribution in [-0.2, 0) is 16.1 Å². The van der Waals surface area contributed by atoms with Crippen LogP contribution in [0.1, 0.15) is 95.5 Å². The number of anilines is 1. The van der Waals surface area contributed by atoms with E-state index in [4.69, 9.17) is 14.2 Å². The third kappa shape index (κ3) is 10.2. The van der Waals surface area contributed by atoms with E-state index in [0.717, 1.165) is 6.61 Å². The number of fused-ring (bicyclic) bond motifs is 1. The minimum absolute atomic E-state index is 0.0687. The first-order valence-electron chi connectivity index (χ1n) is 17.7. The topological polar surface area (TPSA) is 103 Å². The van der Waals surface area contributed by atoms with E-state index in [1.54, 1.807) is 54.4 Å². The van der Waals surface area contributed by atoms with E-state index in [2.05, 4.69) is 39.4 Å². The summed E-state index contributed by atoms with van der Waals surface area (Å²) in [5.74, 6) is 0.799. The van der Waals surface area contributed by atoms with Crippen molar-refractivity contribution in [2.24, 2.45) is 0 Å². The maximum absolute atomic E-state index is 13.3. The monoisotopic (exact) mass is 784 g/mol. The third-order valence-electron chi connectivity index (χ3n) is 9.27. The molecule has 0 spiro atoms. The van der Waals surface area contributed by atoms with Crippen molar-refractivity contribution in [3.8, 4) is 11.5 Å². The number of benzene rings is 1. The van der Waals surface area contributed by atoms with Gasteiger partial charge in [-0.1, -0.05) is 0 Å². The molecule has 10 nitrogen and oxygen atoms in total. The third-order valence-corrected chi connectivity index (χ3v) is 24.3. The molecule has 0 saturated carbocycles. The number of methoxy groups -OCH3 is 2. The number of ketones is 1. The number of hydrogen-bond donors (Lipinski definition) is 0. The van der Waals surface area contributed by atoms with Gasteiger partial charge in [0.1, 0.15) is 11.5 Å². The van der Waals surface area contributed by atoms with Crippen molar-refractivity contribution in [2.75, 3.05) is 32.3 Å². The Morgan fingerprint density at radius 2 is 1.59 bits per heavy atom. The molecule has 3 amide bonds. The minimum atomic E-state index is -2.24. The van der Waals surface area contributed by atoms with Gasteiger partial charge in [-0.05, 0) is 31.2 Å². The summed E-state index contributed by atoms with van der Waals surface area (Å²) in [7, 11) is 3.08. The minimum Gasteiger partial charge on any atom is -0.497 e. The van der Waals surface area contributed by atoms with Crippen LogP contribution in [0.3, 0.4) is 0 Å². The Morgan fingerprint density at radius 3 is 2.14 bits per heavy atom. The number of hydrogen-bond acceptors (Lipinski definition) is 7. The normalized spacial score (nSPS) is 13.3. The molecular weight excluding hydrogens is 727 g/mol. The Morgan fingerprint density at radius 1 is 0.939 bits per heavy atom. The first-order valence-corrected chi connectivity index (χ1v) is 25.2. The van der Waals surface area contributed by atoms with Gasteiger partial charge in [0.2, 0.25) is 5.91 Å². The van der Waals surface area contributed by atoms with Gasteiger partial charge in [-0.2, -0.15) is 5.10 Å². The van der Waals surface area contributed by atoms with E-state index in [1.807, 2.05) is 0 Å². The number of ether oxygens (including phenoxy) is 3. The Labute approximate surface area is 296 Å². The van der Waals surface area contributed by atoms with Crippen LogP contribution in [0.15, 0.2) is 53.1 Å². The van der Waals surface area contributed by atoms with Gasteiger partial charge in [-0.15, -0.1) is 0 Å². The average molecular weight is 784 g/mol. The molecule has 0 bridgehead atoms. The molecule has 4 rings (SSSR count). The van der Waals surface area contributed by atoms with E-state index >= 15 is 0 Å². The molecule has 3 aromatic rings. The van der Waals surface area contributed by atoms with Crippen molar-refractivity contribution in [2.45, 2.75) is 99.4 Å². The molecule has 0 unspecified atom stereocenters. The van der Waals surface area contributed by atoms with E-state index in [9.17, 15) is 14.4 Å². The van der Waals surface area contributed by atoms with Gasteiger partial charge in [0.05, 0.1) is 38.2 Å². The average Bonchev–Trinajstić information content (AvgIpc) is 3.53. The number of carbonyl (C=O) groups is 3. The molecule has 1 aliphatic rings. The Kier molecular flexibility index (Phi) is 16.0. The maximum atomic E-state index is 13.3. The molecule has 3 heterocycles. The van der Waals surface area contributed by atoms with Gasteiger partial charge >= 0.3 is 126 Å². The molecule has 0 radical (unpaired) electrons. The summed E-state index contributed by atoms with van der Waals surface area (Å²) in [4.78, 5) is 40.4. The Bertz CT molecular complexity index is 1550. The number of unbranched alkanes of at least 4 members (excludes halogenated alkanes) is 3. The predicted octanol–water partition coefficient (Wildman–Crippen LogP) is 8.84. The molecule has 1 aromatic carbocycles. The number of imide groups is 1. The number of pyridine rings is 1. The first kappa shape index (κ1) is 39.9. The molecule has 2 aromatic heterocycles. The predicted molar refractivity (Wildman–Crippen MR) is 198 cm³/mol. The van der Waals surface area contributed by atoms with Crippen LogP contribution in [0.4, 0.5) is 10.5 Å². The number of aromatic nitrogens is 2. The standard InChI is InChI=1S/C22H22N4O5.C4H7O.3C4H9.Sn/c1-14(27)15-6-9-26-18(10-15)19(12-23-26)24-8-7-21(28)25(22(24)29)13-16-4-5-17(30-2)11-20(16)31-3;1-3-5-4-2;3*1-3-4-2;/h4-6,9-12H,7-8,13H2,1-3H3;1,4H2,2H3;3*1,3-4H2,2H3;. The molecule has 1 fully saturated rings. The Hall–Kier alpha value is -3.54. The quantitative estimate of drug-likeness (QED) is 0.0722. The fraction of sp³-hybridized carbons (Fsp3) is 0.526. The zero-order chi connectivity index (χ0) is 36.0. The molecule has 0 aliphatic carbocycles. The summed E-state index contributed by atoms with van der Waals surface area (Å²) in [6.45, 7) is 16.0. The molecule has 0 atom stereocenters. The molecule has 0 N–H and O–H groups in total. The van der Waals surface area contributed by atoms with E-state index in [1.165, 1.54) is 79.4 Å². The van der Waals surface area contributed by atoms with Crippen LogP contribution < -0.4 is 14.4 Å². The maximum Gasteiger partial charge on any atom is 0.331 e. The van der Waals surface area contributed by atoms with Gasteiger partial charge in [0.15, 0.2) is 5.78 Å². The van der Waals surface area contributed by atoms with Crippen molar-refractivity contribution in [3.63, 3.8) is 0 Å². The smallest absolute Gasteiger partial charge is 0.331 e. The number of amides is 3. The van der Waals surface area contributed by atoms with Crippen LogP contribution in [0.25, 0.3) is 5.52 Å². The number of Topliss-reactive ketones (excluding diaryl/α,β-unsaturated/α-hetero) is 1. The number of rotatable bonds is 18. The van der Waals surface area contributed by atoms with Gasteiger partial charge in [-0.3, -0.25) is 19.4 Å². The van der Waals surface area contributed by atoms with Gasteiger partial charge in [0, 0.05) is 36.4 Å². The van der Waals surface area contributed by atoms with Crippen molar-refractivity contribution in [3.05, 3.63) is 64.2 Å². The second-order valence-corrected chi connectivity index (χ2v) is 25.8. The summed E-state index contributed by atoms with van der Waals surface area (Å²) in [6.07, 6.45) is 11.5. The van der Waals surface area contributed by atoms with Gasteiger partial charge < -0.3 is 9.47 Å². The van der Waals surface area contributed by atoms with Crippen LogP contribution in [0, 0.1) is 0 Å². The number of nitrogens with zero attached hydrogens (tertiary/aromatic N) is 4. The summed E-state index contributed by atoms with van der Waals surface area (Å²) in [6, 6.07) is 8.16. The zero-order valence-electron chi connectivity index (χ0n) is 30.7. The molecule has 1 aliphatic heterocycles. The van der Waals surface area contributed by atoms with E-state index in [0.29, 0.717) is 33.8 Å². The van der Waals surface area contributed by atoms with Crippen LogP contribution >= 0.6 is 0 Å². The van der Waals surface area contributed by atoms with Gasteiger partial charge in [0.25, 0.3) is 0 Å². The second-order valence-electron chi connectivity index (χ2n) is 12.6. The largest absolute Gasteiger partial charge is 0.497 e. The molecular formula is C38H56N4O6Sn. The molecule has 11 heteroatoms. The fourth-order valence-corrected chi connectivity index (χ4v) is 20.9. The summed E-state index contributed by atoms with van der Waals surface area (Å²) in [5, 5.41) is 4.28. The van der Waals surface area contributed by atoms with Crippen molar-refractivity contribution >= 4 is 47.3 Å². The molecule has 1 saturated heterocycles. The summed E-state index contributed by atoms with van der Waals surface area (Å²) >= 11 is -2.24. The SMILES string of the molecule is C=[C](OCC)[Sn]([CH2]CCC)([CH2]CCC)[CH2]CCC.COc1ccc(CN2C(=O)CCN(c3cnn4ccc(C(C)=O)cc34)C2=O)c(OC)c1. The van der Waals surface area contributed by atoms with Gasteiger partial charge in [-0.25, -0.2) is 9.31 Å². The van der Waals surface area contributed by atoms with E-state index in [-0.39, 0.29) is 31.2 Å². The number of carbonyl (C=O) groups excluding carboxylic acids is 3.